The highest BCUT2D eigenvalue weighted by Gasteiger charge is 2.42. The lowest BCUT2D eigenvalue weighted by molar-refractivity contribution is -0.119. The van der Waals surface area contributed by atoms with Crippen molar-refractivity contribution in [3.63, 3.8) is 0 Å². The summed E-state index contributed by atoms with van der Waals surface area (Å²) in [5.74, 6) is -1.26. The van der Waals surface area contributed by atoms with E-state index in [1.807, 2.05) is 54.6 Å². The monoisotopic (exact) mass is 482 g/mol. The first-order valence-electron chi connectivity index (χ1n) is 12.3. The van der Waals surface area contributed by atoms with E-state index < -0.39 is 17.9 Å². The molecule has 0 bridgehead atoms. The van der Waals surface area contributed by atoms with Crippen LogP contribution in [0.2, 0.25) is 0 Å². The van der Waals surface area contributed by atoms with Crippen LogP contribution in [0.15, 0.2) is 78.9 Å². The molecule has 36 heavy (non-hydrogen) atoms. The lowest BCUT2D eigenvalue weighted by atomic mass is 10.0. The first-order valence-corrected chi connectivity index (χ1v) is 12.3. The van der Waals surface area contributed by atoms with Gasteiger partial charge in [0, 0.05) is 44.8 Å². The Morgan fingerprint density at radius 2 is 1.36 bits per heavy atom. The van der Waals surface area contributed by atoms with Gasteiger partial charge in [0.1, 0.15) is 6.04 Å². The molecule has 0 spiro atoms. The molecule has 1 saturated heterocycles. The lowest BCUT2D eigenvalue weighted by Crippen LogP contribution is -2.48. The lowest BCUT2D eigenvalue weighted by Gasteiger charge is -2.32. The van der Waals surface area contributed by atoms with Gasteiger partial charge in [-0.1, -0.05) is 54.6 Å². The fraction of sp³-hybridized carbons (Fsp3) is 0.276. The van der Waals surface area contributed by atoms with E-state index in [0.29, 0.717) is 16.8 Å². The van der Waals surface area contributed by atoms with Gasteiger partial charge in [0.15, 0.2) is 0 Å². The molecular formula is C29H30N4O3. The van der Waals surface area contributed by atoms with Crippen LogP contribution in [0.4, 0.5) is 5.69 Å². The SMILES string of the molecule is CN1CCN(Cc2ccc(NC(=O)C(Cc3ccccc3)N3C(=O)c4ccccc4C3=O)cc2)CC1. The molecular weight excluding hydrogens is 452 g/mol. The van der Waals surface area contributed by atoms with Crippen molar-refractivity contribution in [3.8, 4) is 0 Å². The molecule has 3 aromatic rings. The van der Waals surface area contributed by atoms with Gasteiger partial charge in [-0.3, -0.25) is 24.2 Å². The highest BCUT2D eigenvalue weighted by atomic mass is 16.2. The van der Waals surface area contributed by atoms with Crippen LogP contribution in [0.1, 0.15) is 31.8 Å². The number of carbonyl (C=O) groups is 3. The molecule has 1 unspecified atom stereocenters. The number of piperazine rings is 1. The quantitative estimate of drug-likeness (QED) is 0.524. The van der Waals surface area contributed by atoms with Gasteiger partial charge in [0.25, 0.3) is 11.8 Å². The van der Waals surface area contributed by atoms with Crippen LogP contribution in [0.25, 0.3) is 0 Å². The minimum absolute atomic E-state index is 0.236. The van der Waals surface area contributed by atoms with Crippen LogP contribution >= 0.6 is 0 Å². The average Bonchev–Trinajstić information content (AvgIpc) is 3.15. The zero-order valence-electron chi connectivity index (χ0n) is 20.4. The number of fused-ring (bicyclic) bond motifs is 1. The van der Waals surface area contributed by atoms with Gasteiger partial charge in [-0.25, -0.2) is 0 Å². The Hall–Kier alpha value is -3.81. The summed E-state index contributed by atoms with van der Waals surface area (Å²) in [6.07, 6.45) is 0.236. The van der Waals surface area contributed by atoms with E-state index in [2.05, 4.69) is 22.2 Å². The molecule has 0 saturated carbocycles. The van der Waals surface area contributed by atoms with Crippen molar-refractivity contribution < 1.29 is 14.4 Å². The molecule has 1 fully saturated rings. The second-order valence-electron chi connectivity index (χ2n) is 9.50. The summed E-state index contributed by atoms with van der Waals surface area (Å²) in [6, 6.07) is 23.0. The number of likely N-dealkylation sites (N-methyl/N-ethyl adjacent to an activating group) is 1. The molecule has 3 aromatic carbocycles. The molecule has 0 aliphatic carbocycles. The maximum atomic E-state index is 13.5. The predicted molar refractivity (Wildman–Crippen MR) is 139 cm³/mol. The summed E-state index contributed by atoms with van der Waals surface area (Å²) < 4.78 is 0. The van der Waals surface area contributed by atoms with Gasteiger partial charge < -0.3 is 10.2 Å². The Morgan fingerprint density at radius 1 is 0.778 bits per heavy atom. The number of hydrogen-bond donors (Lipinski definition) is 1. The van der Waals surface area contributed by atoms with E-state index in [-0.39, 0.29) is 12.3 Å². The number of rotatable bonds is 7. The van der Waals surface area contributed by atoms with E-state index >= 15 is 0 Å². The summed E-state index contributed by atoms with van der Waals surface area (Å²) in [5, 5.41) is 2.94. The number of amides is 3. The number of benzene rings is 3. The number of anilines is 1. The molecule has 7 nitrogen and oxygen atoms in total. The highest BCUT2D eigenvalue weighted by molar-refractivity contribution is 6.23. The summed E-state index contributed by atoms with van der Waals surface area (Å²) in [6.45, 7) is 5.07. The van der Waals surface area contributed by atoms with Gasteiger partial charge in [-0.05, 0) is 42.4 Å². The number of nitrogens with zero attached hydrogens (tertiary/aromatic N) is 3. The summed E-state index contributed by atoms with van der Waals surface area (Å²) in [7, 11) is 2.14. The second-order valence-corrected chi connectivity index (χ2v) is 9.50. The smallest absolute Gasteiger partial charge is 0.262 e. The topological polar surface area (TPSA) is 73.0 Å². The molecule has 1 N–H and O–H groups in total. The van der Waals surface area contributed by atoms with Crippen molar-refractivity contribution in [2.24, 2.45) is 0 Å². The standard InChI is InChI=1S/C29H30N4O3/c1-31-15-17-32(18-16-31)20-22-11-13-23(14-12-22)30-27(34)26(19-21-7-3-2-4-8-21)33-28(35)24-9-5-6-10-25(24)29(33)36/h2-14,26H,15-20H2,1H3,(H,30,34). The Balaban J connectivity index is 1.32. The zero-order valence-corrected chi connectivity index (χ0v) is 20.4. The minimum atomic E-state index is -0.968. The Labute approximate surface area is 211 Å². The molecule has 3 amide bonds. The third-order valence-electron chi connectivity index (χ3n) is 6.94. The van der Waals surface area contributed by atoms with Crippen molar-refractivity contribution in [2.75, 3.05) is 38.5 Å². The second kappa shape index (κ2) is 10.4. The van der Waals surface area contributed by atoms with Crippen molar-refractivity contribution >= 4 is 23.4 Å². The molecule has 1 atom stereocenters. The van der Waals surface area contributed by atoms with Crippen LogP contribution < -0.4 is 5.32 Å². The van der Waals surface area contributed by atoms with Crippen LogP contribution in [0, 0.1) is 0 Å². The molecule has 5 rings (SSSR count). The number of carbonyl (C=O) groups excluding carboxylic acids is 3. The van der Waals surface area contributed by atoms with Crippen LogP contribution in [-0.2, 0) is 17.8 Å². The van der Waals surface area contributed by atoms with Crippen LogP contribution in [0.3, 0.4) is 0 Å². The third-order valence-corrected chi connectivity index (χ3v) is 6.94. The van der Waals surface area contributed by atoms with Crippen LogP contribution in [-0.4, -0.2) is 71.7 Å². The minimum Gasteiger partial charge on any atom is -0.324 e. The normalized spacial score (nSPS) is 17.2. The van der Waals surface area contributed by atoms with Gasteiger partial charge in [-0.15, -0.1) is 0 Å². The first-order chi connectivity index (χ1) is 17.5. The van der Waals surface area contributed by atoms with E-state index in [9.17, 15) is 14.4 Å². The van der Waals surface area contributed by atoms with E-state index in [4.69, 9.17) is 0 Å². The zero-order chi connectivity index (χ0) is 25.1. The Bertz CT molecular complexity index is 1220. The Kier molecular flexibility index (Phi) is 6.93. The van der Waals surface area contributed by atoms with Gasteiger partial charge >= 0.3 is 0 Å². The predicted octanol–water partition coefficient (Wildman–Crippen LogP) is 3.28. The van der Waals surface area contributed by atoms with Gasteiger partial charge in [0.05, 0.1) is 11.1 Å². The van der Waals surface area contributed by atoms with Crippen molar-refractivity contribution in [2.45, 2.75) is 19.0 Å². The molecule has 2 aliphatic heterocycles. The maximum absolute atomic E-state index is 13.5. The largest absolute Gasteiger partial charge is 0.324 e. The summed E-state index contributed by atoms with van der Waals surface area (Å²) in [4.78, 5) is 45.7. The summed E-state index contributed by atoms with van der Waals surface area (Å²) >= 11 is 0. The molecule has 7 heteroatoms. The highest BCUT2D eigenvalue weighted by Crippen LogP contribution is 2.27. The molecule has 0 radical (unpaired) electrons. The molecule has 2 heterocycles. The number of imide groups is 1. The van der Waals surface area contributed by atoms with Gasteiger partial charge in [-0.2, -0.15) is 0 Å². The number of nitrogens with one attached hydrogen (secondary N) is 1. The molecule has 0 aromatic heterocycles. The fourth-order valence-electron chi connectivity index (χ4n) is 4.81. The van der Waals surface area contributed by atoms with Crippen molar-refractivity contribution in [3.05, 3.63) is 101 Å². The molecule has 184 valence electrons. The Morgan fingerprint density at radius 3 is 1.97 bits per heavy atom. The van der Waals surface area contributed by atoms with Gasteiger partial charge in [0.2, 0.25) is 5.91 Å². The van der Waals surface area contributed by atoms with E-state index in [0.717, 1.165) is 43.2 Å². The van der Waals surface area contributed by atoms with E-state index in [1.165, 1.54) is 5.56 Å². The third kappa shape index (κ3) is 5.08. The number of hydrogen-bond acceptors (Lipinski definition) is 5. The van der Waals surface area contributed by atoms with Crippen LogP contribution in [0.5, 0.6) is 0 Å². The molecule has 2 aliphatic rings. The first kappa shape index (κ1) is 23.9. The van der Waals surface area contributed by atoms with E-state index in [1.54, 1.807) is 24.3 Å². The maximum Gasteiger partial charge on any atom is 0.262 e. The van der Waals surface area contributed by atoms with Crippen molar-refractivity contribution in [1.82, 2.24) is 14.7 Å². The fourth-order valence-corrected chi connectivity index (χ4v) is 4.81. The van der Waals surface area contributed by atoms with Crippen molar-refractivity contribution in [1.29, 1.82) is 0 Å². The summed E-state index contributed by atoms with van der Waals surface area (Å²) in [5.41, 5.74) is 3.36. The average molecular weight is 483 g/mol.